The lowest BCUT2D eigenvalue weighted by Gasteiger charge is -2.25. The zero-order valence-electron chi connectivity index (χ0n) is 17.4. The predicted molar refractivity (Wildman–Crippen MR) is 131 cm³/mol. The van der Waals surface area contributed by atoms with Gasteiger partial charge in [0.05, 0.1) is 0 Å². The lowest BCUT2D eigenvalue weighted by molar-refractivity contribution is 0.102. The molecule has 3 nitrogen and oxygen atoms in total. The Morgan fingerprint density at radius 2 is 1.22 bits per heavy atom. The molecule has 0 atom stereocenters. The molecule has 0 aliphatic carbocycles. The van der Waals surface area contributed by atoms with Crippen LogP contribution in [0, 0.1) is 0 Å². The Hall–Kier alpha value is -4.37. The highest BCUT2D eigenvalue weighted by atomic mass is 16.3. The second-order valence-corrected chi connectivity index (χ2v) is 7.44. The normalized spacial score (nSPS) is 11.1. The fourth-order valence-electron chi connectivity index (χ4n) is 3.69. The minimum absolute atomic E-state index is 0.152. The summed E-state index contributed by atoms with van der Waals surface area (Å²) in [5.74, 6) is 0.193. The summed E-state index contributed by atoms with van der Waals surface area (Å²) in [5.41, 5.74) is 4.88. The van der Waals surface area contributed by atoms with Gasteiger partial charge in [0.25, 0.3) is 0 Å². The first-order valence-electron chi connectivity index (χ1n) is 10.5. The molecule has 1 heterocycles. The maximum Gasteiger partial charge on any atom is 0.221 e. The summed E-state index contributed by atoms with van der Waals surface area (Å²) in [6.45, 7) is 0. The molecule has 0 fully saturated rings. The maximum absolute atomic E-state index is 12.5. The zero-order valence-corrected chi connectivity index (χ0v) is 17.4. The fourth-order valence-corrected chi connectivity index (χ4v) is 3.69. The number of hydrogen-bond donors (Lipinski definition) is 0. The summed E-state index contributed by atoms with van der Waals surface area (Å²) in [5, 5.41) is 0.926. The summed E-state index contributed by atoms with van der Waals surface area (Å²) in [6, 6.07) is 38.1. The monoisotopic (exact) mass is 415 g/mol. The topological polar surface area (TPSA) is 33.5 Å². The molecule has 4 aromatic carbocycles. The quantitative estimate of drug-likeness (QED) is 0.209. The molecule has 0 aliphatic rings. The van der Waals surface area contributed by atoms with Crippen LogP contribution in [0.4, 0.5) is 17.1 Å². The molecule has 0 aliphatic heterocycles. The van der Waals surface area contributed by atoms with Crippen molar-refractivity contribution in [3.05, 3.63) is 133 Å². The summed E-state index contributed by atoms with van der Waals surface area (Å²) >= 11 is 0. The average Bonchev–Trinajstić information content (AvgIpc) is 3.29. The van der Waals surface area contributed by atoms with Crippen LogP contribution in [0.3, 0.4) is 0 Å². The second kappa shape index (κ2) is 8.78. The standard InChI is InChI=1S/C29H21NO2/c31-27(29-21-23-9-7-8-14-28(23)32-29)20-17-22-15-18-26(19-16-22)30(24-10-3-1-4-11-24)25-12-5-2-6-13-25/h1-21H. The molecule has 0 saturated heterocycles. The molecule has 0 bridgehead atoms. The van der Waals surface area contributed by atoms with E-state index in [2.05, 4.69) is 41.3 Å². The molecule has 0 radical (unpaired) electrons. The molecule has 0 amide bonds. The highest BCUT2D eigenvalue weighted by Crippen LogP contribution is 2.34. The SMILES string of the molecule is O=C(C=Cc1ccc(N(c2ccccc2)c2ccccc2)cc1)c1cc2ccccc2o1. The van der Waals surface area contributed by atoms with Crippen molar-refractivity contribution in [3.63, 3.8) is 0 Å². The van der Waals surface area contributed by atoms with Crippen LogP contribution in [-0.4, -0.2) is 5.78 Å². The van der Waals surface area contributed by atoms with E-state index in [0.717, 1.165) is 33.6 Å². The van der Waals surface area contributed by atoms with Crippen LogP contribution in [-0.2, 0) is 0 Å². The Kier molecular flexibility index (Phi) is 5.38. The number of rotatable bonds is 6. The highest BCUT2D eigenvalue weighted by Gasteiger charge is 2.12. The summed E-state index contributed by atoms with van der Waals surface area (Å²) in [7, 11) is 0. The van der Waals surface area contributed by atoms with Gasteiger partial charge >= 0.3 is 0 Å². The zero-order chi connectivity index (χ0) is 21.8. The van der Waals surface area contributed by atoms with Crippen LogP contribution in [0.25, 0.3) is 17.0 Å². The first-order valence-corrected chi connectivity index (χ1v) is 10.5. The van der Waals surface area contributed by atoms with Gasteiger partial charge in [0.1, 0.15) is 5.58 Å². The molecule has 32 heavy (non-hydrogen) atoms. The first kappa shape index (κ1) is 19.6. The highest BCUT2D eigenvalue weighted by molar-refractivity contribution is 6.07. The van der Waals surface area contributed by atoms with Crippen molar-refractivity contribution in [1.82, 2.24) is 0 Å². The van der Waals surface area contributed by atoms with E-state index in [1.54, 1.807) is 12.1 Å². The van der Waals surface area contributed by atoms with Crippen molar-refractivity contribution in [1.29, 1.82) is 0 Å². The van der Waals surface area contributed by atoms with Crippen LogP contribution in [0.15, 0.2) is 126 Å². The number of furan rings is 1. The number of allylic oxidation sites excluding steroid dienone is 1. The van der Waals surface area contributed by atoms with Gasteiger partial charge in [-0.1, -0.05) is 72.8 Å². The number of fused-ring (bicyclic) bond motifs is 1. The number of benzene rings is 4. The number of para-hydroxylation sites is 3. The van der Waals surface area contributed by atoms with Gasteiger partial charge in [-0.2, -0.15) is 0 Å². The van der Waals surface area contributed by atoms with Gasteiger partial charge in [-0.3, -0.25) is 4.79 Å². The summed E-state index contributed by atoms with van der Waals surface area (Å²) < 4.78 is 5.66. The van der Waals surface area contributed by atoms with E-state index >= 15 is 0 Å². The molecule has 0 spiro atoms. The van der Waals surface area contributed by atoms with E-state index in [1.807, 2.05) is 78.9 Å². The van der Waals surface area contributed by atoms with Crippen LogP contribution < -0.4 is 4.90 Å². The number of carbonyl (C=O) groups excluding carboxylic acids is 1. The Bertz CT molecular complexity index is 1290. The number of anilines is 3. The van der Waals surface area contributed by atoms with Gasteiger partial charge < -0.3 is 9.32 Å². The fraction of sp³-hybridized carbons (Fsp3) is 0. The Labute approximate surface area is 186 Å². The third-order valence-corrected chi connectivity index (χ3v) is 5.28. The van der Waals surface area contributed by atoms with E-state index in [1.165, 1.54) is 0 Å². The van der Waals surface area contributed by atoms with Crippen LogP contribution in [0.1, 0.15) is 16.1 Å². The molecule has 1 aromatic heterocycles. The number of hydrogen-bond acceptors (Lipinski definition) is 3. The van der Waals surface area contributed by atoms with Crippen molar-refractivity contribution in [2.45, 2.75) is 0 Å². The van der Waals surface area contributed by atoms with Gasteiger partial charge in [-0.15, -0.1) is 0 Å². The molecule has 5 aromatic rings. The molecule has 5 rings (SSSR count). The Morgan fingerprint density at radius 1 is 0.656 bits per heavy atom. The van der Waals surface area contributed by atoms with Gasteiger partial charge in [-0.25, -0.2) is 0 Å². The number of carbonyl (C=O) groups is 1. The van der Waals surface area contributed by atoms with E-state index in [9.17, 15) is 4.79 Å². The predicted octanol–water partition coefficient (Wildman–Crippen LogP) is 7.80. The molecule has 0 unspecified atom stereocenters. The van der Waals surface area contributed by atoms with E-state index in [0.29, 0.717) is 5.76 Å². The van der Waals surface area contributed by atoms with Crippen molar-refractivity contribution >= 4 is 39.9 Å². The Morgan fingerprint density at radius 3 is 1.84 bits per heavy atom. The van der Waals surface area contributed by atoms with Crippen molar-refractivity contribution in [3.8, 4) is 0 Å². The van der Waals surface area contributed by atoms with Crippen molar-refractivity contribution in [2.75, 3.05) is 4.90 Å². The van der Waals surface area contributed by atoms with Gasteiger partial charge in [-0.05, 0) is 60.2 Å². The molecule has 0 saturated carbocycles. The molecular weight excluding hydrogens is 394 g/mol. The smallest absolute Gasteiger partial charge is 0.221 e. The third-order valence-electron chi connectivity index (χ3n) is 5.28. The van der Waals surface area contributed by atoms with E-state index in [4.69, 9.17) is 4.42 Å². The number of nitrogens with zero attached hydrogens (tertiary/aromatic N) is 1. The first-order chi connectivity index (χ1) is 15.8. The summed E-state index contributed by atoms with van der Waals surface area (Å²) in [6.07, 6.45) is 3.37. The maximum atomic E-state index is 12.5. The largest absolute Gasteiger partial charge is 0.453 e. The molecular formula is C29H21NO2. The molecule has 0 N–H and O–H groups in total. The number of ketones is 1. The van der Waals surface area contributed by atoms with E-state index < -0.39 is 0 Å². The van der Waals surface area contributed by atoms with Crippen LogP contribution in [0.5, 0.6) is 0 Å². The van der Waals surface area contributed by atoms with Gasteiger partial charge in [0, 0.05) is 22.4 Å². The third kappa shape index (κ3) is 4.09. The van der Waals surface area contributed by atoms with Crippen LogP contribution in [0.2, 0.25) is 0 Å². The minimum Gasteiger partial charge on any atom is -0.453 e. The van der Waals surface area contributed by atoms with Crippen molar-refractivity contribution < 1.29 is 9.21 Å². The van der Waals surface area contributed by atoms with Gasteiger partial charge in [0.2, 0.25) is 5.78 Å². The Balaban J connectivity index is 1.39. The lowest BCUT2D eigenvalue weighted by Crippen LogP contribution is -2.09. The van der Waals surface area contributed by atoms with Crippen LogP contribution >= 0.6 is 0 Å². The minimum atomic E-state index is -0.152. The van der Waals surface area contributed by atoms with Crippen molar-refractivity contribution in [2.24, 2.45) is 0 Å². The summed E-state index contributed by atoms with van der Waals surface area (Å²) in [4.78, 5) is 14.7. The molecule has 3 heteroatoms. The molecule has 154 valence electrons. The second-order valence-electron chi connectivity index (χ2n) is 7.44. The average molecular weight is 415 g/mol. The lowest BCUT2D eigenvalue weighted by atomic mass is 10.1. The van der Waals surface area contributed by atoms with Gasteiger partial charge in [0.15, 0.2) is 5.76 Å². The van der Waals surface area contributed by atoms with E-state index in [-0.39, 0.29) is 5.78 Å².